The van der Waals surface area contributed by atoms with Crippen LogP contribution < -0.4 is 10.2 Å². The molecule has 1 atom stereocenters. The summed E-state index contributed by atoms with van der Waals surface area (Å²) in [6, 6.07) is 11.0. The molecule has 0 saturated carbocycles. The summed E-state index contributed by atoms with van der Waals surface area (Å²) in [6.07, 6.45) is 8.39. The molecule has 0 radical (unpaired) electrons. The standard InChI is InChI=1S/C27H38N2O4S/c1-5-6-7-8-10-21-13-15-22(16-14-21)29(19-30)24(26(31)28-4)12-9-11-23-17-18-25(34-23)27(32)33-20(2)3/h13-20,24H,5-12H2,1-4H3,(H,28,31). The topological polar surface area (TPSA) is 75.7 Å². The van der Waals surface area contributed by atoms with Gasteiger partial charge in [-0.05, 0) is 75.8 Å². The number of likely N-dealkylation sites (N-methyl/N-ethyl adjacent to an activating group) is 1. The lowest BCUT2D eigenvalue weighted by Crippen LogP contribution is -2.45. The highest BCUT2D eigenvalue weighted by Crippen LogP contribution is 2.23. The number of unbranched alkanes of at least 4 members (excludes halogenated alkanes) is 3. The van der Waals surface area contributed by atoms with Crippen LogP contribution in [0.15, 0.2) is 36.4 Å². The fraction of sp³-hybridized carbons (Fsp3) is 0.519. The highest BCUT2D eigenvalue weighted by atomic mass is 32.1. The van der Waals surface area contributed by atoms with Gasteiger partial charge in [0.05, 0.1) is 6.10 Å². The zero-order chi connectivity index (χ0) is 24.9. The number of rotatable bonds is 15. The molecule has 0 aliphatic carbocycles. The predicted molar refractivity (Wildman–Crippen MR) is 138 cm³/mol. The van der Waals surface area contributed by atoms with Crippen LogP contribution in [0.2, 0.25) is 0 Å². The van der Waals surface area contributed by atoms with E-state index in [-0.39, 0.29) is 18.0 Å². The van der Waals surface area contributed by atoms with E-state index in [0.29, 0.717) is 17.7 Å². The molecule has 1 heterocycles. The molecular weight excluding hydrogens is 448 g/mol. The highest BCUT2D eigenvalue weighted by Gasteiger charge is 2.25. The van der Waals surface area contributed by atoms with Gasteiger partial charge in [-0.3, -0.25) is 9.59 Å². The van der Waals surface area contributed by atoms with Crippen molar-refractivity contribution in [3.05, 3.63) is 51.7 Å². The summed E-state index contributed by atoms with van der Waals surface area (Å²) >= 11 is 1.41. The average molecular weight is 487 g/mol. The number of thiophene rings is 1. The number of hydrogen-bond donors (Lipinski definition) is 1. The lowest BCUT2D eigenvalue weighted by Gasteiger charge is -2.27. The van der Waals surface area contributed by atoms with Gasteiger partial charge in [0.2, 0.25) is 12.3 Å². The zero-order valence-corrected chi connectivity index (χ0v) is 21.7. The Labute approximate surface area is 207 Å². The Morgan fingerprint density at radius 1 is 1.03 bits per heavy atom. The predicted octanol–water partition coefficient (Wildman–Crippen LogP) is 5.54. The van der Waals surface area contributed by atoms with Crippen LogP contribution in [0.5, 0.6) is 0 Å². The van der Waals surface area contributed by atoms with Gasteiger partial charge in [0.15, 0.2) is 0 Å². The number of amides is 2. The molecule has 0 aliphatic rings. The molecule has 186 valence electrons. The van der Waals surface area contributed by atoms with Crippen LogP contribution in [-0.2, 0) is 27.2 Å². The Bertz CT molecular complexity index is 908. The maximum Gasteiger partial charge on any atom is 0.348 e. The van der Waals surface area contributed by atoms with Gasteiger partial charge in [0.1, 0.15) is 10.9 Å². The minimum absolute atomic E-state index is 0.157. The summed E-state index contributed by atoms with van der Waals surface area (Å²) in [5.41, 5.74) is 1.96. The molecule has 2 aromatic rings. The van der Waals surface area contributed by atoms with Crippen molar-refractivity contribution in [2.24, 2.45) is 0 Å². The Balaban J connectivity index is 1.99. The van der Waals surface area contributed by atoms with E-state index in [1.54, 1.807) is 13.1 Å². The number of hydrogen-bond acceptors (Lipinski definition) is 5. The van der Waals surface area contributed by atoms with E-state index in [0.717, 1.165) is 36.2 Å². The SMILES string of the molecule is CCCCCCc1ccc(N(C=O)C(CCCc2ccc(C(=O)OC(C)C)s2)C(=O)NC)cc1. The monoisotopic (exact) mass is 486 g/mol. The van der Waals surface area contributed by atoms with Gasteiger partial charge in [-0.1, -0.05) is 38.3 Å². The number of nitrogens with one attached hydrogen (secondary N) is 1. The van der Waals surface area contributed by atoms with Crippen molar-refractivity contribution in [3.63, 3.8) is 0 Å². The van der Waals surface area contributed by atoms with Crippen LogP contribution in [0.1, 0.15) is 79.4 Å². The number of aryl methyl sites for hydroxylation is 2. The lowest BCUT2D eigenvalue weighted by atomic mass is 10.0. The van der Waals surface area contributed by atoms with Crippen LogP contribution >= 0.6 is 11.3 Å². The third-order valence-corrected chi connectivity index (χ3v) is 6.78. The van der Waals surface area contributed by atoms with Gasteiger partial charge in [-0.2, -0.15) is 0 Å². The first-order chi connectivity index (χ1) is 16.4. The summed E-state index contributed by atoms with van der Waals surface area (Å²) in [6.45, 7) is 5.85. The second-order valence-corrected chi connectivity index (χ2v) is 9.90. The summed E-state index contributed by atoms with van der Waals surface area (Å²) in [7, 11) is 1.59. The van der Waals surface area contributed by atoms with Gasteiger partial charge < -0.3 is 15.0 Å². The van der Waals surface area contributed by atoms with Crippen molar-refractivity contribution in [1.29, 1.82) is 0 Å². The molecule has 1 aromatic heterocycles. The molecule has 1 N–H and O–H groups in total. The number of carbonyl (C=O) groups excluding carboxylic acids is 3. The van der Waals surface area contributed by atoms with Crippen LogP contribution in [0.3, 0.4) is 0 Å². The van der Waals surface area contributed by atoms with Crippen molar-refractivity contribution in [1.82, 2.24) is 5.32 Å². The van der Waals surface area contributed by atoms with Crippen molar-refractivity contribution in [2.45, 2.75) is 84.3 Å². The minimum Gasteiger partial charge on any atom is -0.459 e. The maximum absolute atomic E-state index is 12.6. The number of esters is 1. The molecule has 2 amide bonds. The van der Waals surface area contributed by atoms with E-state index in [4.69, 9.17) is 4.74 Å². The number of benzene rings is 1. The highest BCUT2D eigenvalue weighted by molar-refractivity contribution is 7.13. The fourth-order valence-corrected chi connectivity index (χ4v) is 4.76. The van der Waals surface area contributed by atoms with Crippen molar-refractivity contribution in [2.75, 3.05) is 11.9 Å². The normalized spacial score (nSPS) is 11.8. The van der Waals surface area contributed by atoms with E-state index in [9.17, 15) is 14.4 Å². The molecule has 2 rings (SSSR count). The van der Waals surface area contributed by atoms with Gasteiger partial charge in [-0.15, -0.1) is 11.3 Å². The Morgan fingerprint density at radius 3 is 2.38 bits per heavy atom. The third-order valence-electron chi connectivity index (χ3n) is 5.66. The van der Waals surface area contributed by atoms with E-state index >= 15 is 0 Å². The molecule has 0 fully saturated rings. The largest absolute Gasteiger partial charge is 0.459 e. The first-order valence-electron chi connectivity index (χ1n) is 12.2. The summed E-state index contributed by atoms with van der Waals surface area (Å²) in [5, 5.41) is 2.69. The van der Waals surface area contributed by atoms with E-state index in [1.165, 1.54) is 41.1 Å². The molecule has 0 aliphatic heterocycles. The van der Waals surface area contributed by atoms with Crippen LogP contribution in [-0.4, -0.2) is 37.5 Å². The second-order valence-electron chi connectivity index (χ2n) is 8.73. The molecule has 0 saturated heterocycles. The molecule has 7 heteroatoms. The first kappa shape index (κ1) is 27.6. The van der Waals surface area contributed by atoms with Gasteiger partial charge in [0, 0.05) is 17.6 Å². The number of carbonyl (C=O) groups is 3. The molecule has 0 spiro atoms. The zero-order valence-electron chi connectivity index (χ0n) is 20.8. The van der Waals surface area contributed by atoms with Crippen molar-refractivity contribution in [3.8, 4) is 0 Å². The second kappa shape index (κ2) is 14.6. The van der Waals surface area contributed by atoms with Gasteiger partial charge >= 0.3 is 5.97 Å². The van der Waals surface area contributed by atoms with Gasteiger partial charge in [0.25, 0.3) is 0 Å². The van der Waals surface area contributed by atoms with E-state index < -0.39 is 6.04 Å². The maximum atomic E-state index is 12.6. The Kier molecular flexibility index (Phi) is 11.8. The molecule has 6 nitrogen and oxygen atoms in total. The number of ether oxygens (including phenoxy) is 1. The molecule has 1 aromatic carbocycles. The van der Waals surface area contributed by atoms with Crippen molar-refractivity contribution < 1.29 is 19.1 Å². The van der Waals surface area contributed by atoms with Crippen molar-refractivity contribution >= 4 is 35.3 Å². The van der Waals surface area contributed by atoms with E-state index in [1.807, 2.05) is 44.2 Å². The van der Waals surface area contributed by atoms with Gasteiger partial charge in [-0.25, -0.2) is 4.79 Å². The van der Waals surface area contributed by atoms with Crippen LogP contribution in [0.4, 0.5) is 5.69 Å². The smallest absolute Gasteiger partial charge is 0.348 e. The number of nitrogens with zero attached hydrogens (tertiary/aromatic N) is 1. The first-order valence-corrected chi connectivity index (χ1v) is 13.0. The fourth-order valence-electron chi connectivity index (χ4n) is 3.83. The summed E-state index contributed by atoms with van der Waals surface area (Å²) < 4.78 is 5.25. The summed E-state index contributed by atoms with van der Waals surface area (Å²) in [4.78, 5) is 39.8. The molecular formula is C27H38N2O4S. The molecule has 1 unspecified atom stereocenters. The lowest BCUT2D eigenvalue weighted by molar-refractivity contribution is -0.123. The Morgan fingerprint density at radius 2 is 1.76 bits per heavy atom. The van der Waals surface area contributed by atoms with Crippen LogP contribution in [0, 0.1) is 0 Å². The number of anilines is 1. The van der Waals surface area contributed by atoms with Crippen LogP contribution in [0.25, 0.3) is 0 Å². The molecule has 0 bridgehead atoms. The quantitative estimate of drug-likeness (QED) is 0.204. The molecule has 34 heavy (non-hydrogen) atoms. The van der Waals surface area contributed by atoms with E-state index in [2.05, 4.69) is 12.2 Å². The third kappa shape index (κ3) is 8.60. The summed E-state index contributed by atoms with van der Waals surface area (Å²) in [5.74, 6) is -0.501. The minimum atomic E-state index is -0.594. The Hall–Kier alpha value is -2.67. The average Bonchev–Trinajstić information content (AvgIpc) is 3.30.